The number of thiophene rings is 1. The molecule has 0 bridgehead atoms. The van der Waals surface area contributed by atoms with Gasteiger partial charge >= 0.3 is 0 Å². The second-order valence-corrected chi connectivity index (χ2v) is 7.00. The highest BCUT2D eigenvalue weighted by Crippen LogP contribution is 2.28. The molecule has 3 heteroatoms. The summed E-state index contributed by atoms with van der Waals surface area (Å²) in [5.74, 6) is 0. The van der Waals surface area contributed by atoms with Gasteiger partial charge in [-0.3, -0.25) is 4.90 Å². The van der Waals surface area contributed by atoms with Crippen LogP contribution in [0, 0.1) is 5.41 Å². The van der Waals surface area contributed by atoms with Gasteiger partial charge in [0.05, 0.1) is 0 Å². The fourth-order valence-corrected chi connectivity index (χ4v) is 3.00. The summed E-state index contributed by atoms with van der Waals surface area (Å²) in [6.45, 7) is 10.2. The van der Waals surface area contributed by atoms with Crippen LogP contribution >= 0.6 is 27.3 Å². The predicted molar refractivity (Wildman–Crippen MR) is 72.4 cm³/mol. The molecule has 1 aromatic heterocycles. The normalized spacial score (nSPS) is 14.6. The van der Waals surface area contributed by atoms with Crippen molar-refractivity contribution in [3.63, 3.8) is 0 Å². The Hall–Kier alpha value is 0.140. The van der Waals surface area contributed by atoms with Crippen LogP contribution in [0.15, 0.2) is 15.9 Å². The number of rotatable bonds is 3. The molecule has 1 heterocycles. The van der Waals surface area contributed by atoms with Gasteiger partial charge in [0.15, 0.2) is 0 Å². The maximum atomic E-state index is 3.58. The van der Waals surface area contributed by atoms with Gasteiger partial charge in [-0.1, -0.05) is 20.8 Å². The minimum Gasteiger partial charge on any atom is -0.298 e. The van der Waals surface area contributed by atoms with Crippen molar-refractivity contribution in [2.75, 3.05) is 7.05 Å². The van der Waals surface area contributed by atoms with Gasteiger partial charge in [0.25, 0.3) is 0 Å². The Morgan fingerprint density at radius 1 is 1.47 bits per heavy atom. The zero-order valence-electron chi connectivity index (χ0n) is 10.2. The van der Waals surface area contributed by atoms with E-state index in [9.17, 15) is 0 Å². The van der Waals surface area contributed by atoms with Crippen molar-refractivity contribution in [2.45, 2.75) is 40.3 Å². The molecule has 1 nitrogen and oxygen atoms in total. The van der Waals surface area contributed by atoms with Crippen LogP contribution in [0.3, 0.4) is 0 Å². The molecule has 0 radical (unpaired) electrons. The molecule has 0 aliphatic heterocycles. The second kappa shape index (κ2) is 4.98. The van der Waals surface area contributed by atoms with Gasteiger partial charge in [-0.25, -0.2) is 0 Å². The first-order valence-electron chi connectivity index (χ1n) is 5.24. The van der Waals surface area contributed by atoms with Crippen LogP contribution < -0.4 is 0 Å². The summed E-state index contributed by atoms with van der Waals surface area (Å²) in [6, 6.07) is 2.70. The van der Waals surface area contributed by atoms with E-state index in [-0.39, 0.29) is 0 Å². The lowest BCUT2D eigenvalue weighted by atomic mass is 9.87. The molecular weight excluding hydrogens is 270 g/mol. The summed E-state index contributed by atoms with van der Waals surface area (Å²) in [5.41, 5.74) is 0.332. The zero-order valence-corrected chi connectivity index (χ0v) is 12.6. The summed E-state index contributed by atoms with van der Waals surface area (Å²) in [5, 5.41) is 2.13. The van der Waals surface area contributed by atoms with Gasteiger partial charge in [0, 0.05) is 21.9 Å². The average molecular weight is 290 g/mol. The van der Waals surface area contributed by atoms with Crippen LogP contribution in [0.4, 0.5) is 0 Å². The Balaban J connectivity index is 2.64. The smallest absolute Gasteiger partial charge is 0.0339 e. The number of nitrogens with zero attached hydrogens (tertiary/aromatic N) is 1. The van der Waals surface area contributed by atoms with Crippen LogP contribution in [0.25, 0.3) is 0 Å². The van der Waals surface area contributed by atoms with E-state index in [1.165, 1.54) is 9.35 Å². The average Bonchev–Trinajstić information content (AvgIpc) is 2.49. The van der Waals surface area contributed by atoms with Gasteiger partial charge in [0.2, 0.25) is 0 Å². The monoisotopic (exact) mass is 289 g/mol. The number of halogens is 1. The Morgan fingerprint density at radius 3 is 2.47 bits per heavy atom. The maximum Gasteiger partial charge on any atom is 0.0339 e. The summed E-state index contributed by atoms with van der Waals surface area (Å²) >= 11 is 5.40. The lowest BCUT2D eigenvalue weighted by Gasteiger charge is -2.35. The molecular formula is C12H20BrNS. The summed E-state index contributed by atoms with van der Waals surface area (Å²) in [6.07, 6.45) is 0. The van der Waals surface area contributed by atoms with Gasteiger partial charge in [-0.2, -0.15) is 0 Å². The van der Waals surface area contributed by atoms with Crippen molar-refractivity contribution in [1.29, 1.82) is 0 Å². The van der Waals surface area contributed by atoms with E-state index in [4.69, 9.17) is 0 Å². The Morgan fingerprint density at radius 2 is 2.07 bits per heavy atom. The number of hydrogen-bond acceptors (Lipinski definition) is 2. The van der Waals surface area contributed by atoms with E-state index in [1.54, 1.807) is 0 Å². The molecule has 1 atom stereocenters. The molecule has 0 fully saturated rings. The molecule has 1 rings (SSSR count). The molecule has 86 valence electrons. The van der Waals surface area contributed by atoms with E-state index in [0.29, 0.717) is 11.5 Å². The van der Waals surface area contributed by atoms with Gasteiger partial charge in [-0.15, -0.1) is 11.3 Å². The van der Waals surface area contributed by atoms with E-state index in [2.05, 4.69) is 67.0 Å². The molecule has 0 aliphatic rings. The van der Waals surface area contributed by atoms with Crippen molar-refractivity contribution in [2.24, 2.45) is 5.41 Å². The van der Waals surface area contributed by atoms with E-state index >= 15 is 0 Å². The first-order chi connectivity index (χ1) is 6.82. The molecule has 1 aromatic rings. The first-order valence-corrected chi connectivity index (χ1v) is 6.91. The highest BCUT2D eigenvalue weighted by Gasteiger charge is 2.24. The third kappa shape index (κ3) is 3.58. The minimum absolute atomic E-state index is 0.332. The lowest BCUT2D eigenvalue weighted by molar-refractivity contribution is 0.135. The van der Waals surface area contributed by atoms with E-state index in [1.807, 2.05) is 11.3 Å². The third-order valence-corrected chi connectivity index (χ3v) is 4.91. The SMILES string of the molecule is CC(N(C)Cc1sccc1Br)C(C)(C)C. The van der Waals surface area contributed by atoms with Crippen molar-refractivity contribution >= 4 is 27.3 Å². The zero-order chi connectivity index (χ0) is 11.6. The Bertz CT molecular complexity index is 314. The third-order valence-electron chi connectivity index (χ3n) is 3.00. The van der Waals surface area contributed by atoms with Gasteiger partial charge in [0.1, 0.15) is 0 Å². The summed E-state index contributed by atoms with van der Waals surface area (Å²) in [7, 11) is 2.20. The Kier molecular flexibility index (Phi) is 4.38. The second-order valence-electron chi connectivity index (χ2n) is 5.15. The van der Waals surface area contributed by atoms with Crippen LogP contribution in [0.1, 0.15) is 32.6 Å². The minimum atomic E-state index is 0.332. The maximum absolute atomic E-state index is 3.58. The summed E-state index contributed by atoms with van der Waals surface area (Å²) in [4.78, 5) is 3.82. The predicted octanol–water partition coefficient (Wildman–Crippen LogP) is 4.38. The lowest BCUT2D eigenvalue weighted by Crippen LogP contribution is -2.38. The molecule has 0 saturated carbocycles. The molecule has 0 aliphatic carbocycles. The van der Waals surface area contributed by atoms with Crippen LogP contribution in [-0.2, 0) is 6.54 Å². The van der Waals surface area contributed by atoms with Gasteiger partial charge in [-0.05, 0) is 46.8 Å². The van der Waals surface area contributed by atoms with Gasteiger partial charge < -0.3 is 0 Å². The molecule has 0 aromatic carbocycles. The van der Waals surface area contributed by atoms with Crippen LogP contribution in [-0.4, -0.2) is 18.0 Å². The fraction of sp³-hybridized carbons (Fsp3) is 0.667. The molecule has 0 amide bonds. The Labute approximate surface area is 106 Å². The molecule has 0 spiro atoms. The standard InChI is InChI=1S/C12H20BrNS/c1-9(12(2,3)4)14(5)8-11-10(13)6-7-15-11/h6-7,9H,8H2,1-5H3. The van der Waals surface area contributed by atoms with Crippen LogP contribution in [0.5, 0.6) is 0 Å². The van der Waals surface area contributed by atoms with Crippen molar-refractivity contribution in [3.05, 3.63) is 20.8 Å². The molecule has 1 unspecified atom stereocenters. The molecule has 15 heavy (non-hydrogen) atoms. The van der Waals surface area contributed by atoms with Crippen LogP contribution in [0.2, 0.25) is 0 Å². The summed E-state index contributed by atoms with van der Waals surface area (Å²) < 4.78 is 1.24. The fourth-order valence-electron chi connectivity index (χ4n) is 1.46. The van der Waals surface area contributed by atoms with Crippen molar-refractivity contribution in [3.8, 4) is 0 Å². The number of hydrogen-bond donors (Lipinski definition) is 0. The highest BCUT2D eigenvalue weighted by molar-refractivity contribution is 9.10. The van der Waals surface area contributed by atoms with E-state index in [0.717, 1.165) is 6.54 Å². The molecule has 0 saturated heterocycles. The largest absolute Gasteiger partial charge is 0.298 e. The highest BCUT2D eigenvalue weighted by atomic mass is 79.9. The van der Waals surface area contributed by atoms with Crippen molar-refractivity contribution < 1.29 is 0 Å². The quantitative estimate of drug-likeness (QED) is 0.798. The first kappa shape index (κ1) is 13.2. The van der Waals surface area contributed by atoms with E-state index < -0.39 is 0 Å². The van der Waals surface area contributed by atoms with Crippen molar-refractivity contribution in [1.82, 2.24) is 4.90 Å². The topological polar surface area (TPSA) is 3.24 Å². The molecule has 0 N–H and O–H groups in total.